The number of pyridine rings is 1. The summed E-state index contributed by atoms with van der Waals surface area (Å²) in [5.74, 6) is 0.311. The van der Waals surface area contributed by atoms with E-state index in [1.54, 1.807) is 0 Å². The quantitative estimate of drug-likeness (QED) is 0.705. The van der Waals surface area contributed by atoms with Gasteiger partial charge in [0.25, 0.3) is 0 Å². The molecule has 3 aromatic rings. The van der Waals surface area contributed by atoms with Gasteiger partial charge in [-0.3, -0.25) is 0 Å². The number of benzene rings is 1. The molecule has 18 heavy (non-hydrogen) atoms. The maximum absolute atomic E-state index is 13.2. The van der Waals surface area contributed by atoms with Gasteiger partial charge in [0.2, 0.25) is 0 Å². The maximum atomic E-state index is 13.2. The van der Waals surface area contributed by atoms with Crippen LogP contribution in [0.5, 0.6) is 11.5 Å². The van der Waals surface area contributed by atoms with Crippen LogP contribution in [0, 0.1) is 5.82 Å². The Kier molecular flexibility index (Phi) is 2.64. The number of nitrogens with zero attached hydrogens (tertiary/aromatic N) is 1. The molecule has 0 aliphatic carbocycles. The van der Waals surface area contributed by atoms with Gasteiger partial charge in [-0.2, -0.15) is 0 Å². The Morgan fingerprint density at radius 2 is 2.06 bits per heavy atom. The van der Waals surface area contributed by atoms with Crippen molar-refractivity contribution >= 4 is 22.5 Å². The van der Waals surface area contributed by atoms with Crippen LogP contribution in [0.15, 0.2) is 42.7 Å². The largest absolute Gasteiger partial charge is 0.456 e. The average molecular weight is 263 g/mol. The molecular formula is C13H8ClFN2O. The number of halogens is 2. The van der Waals surface area contributed by atoms with Crippen molar-refractivity contribution in [1.29, 1.82) is 0 Å². The molecule has 0 spiro atoms. The Morgan fingerprint density at radius 1 is 1.17 bits per heavy atom. The molecule has 2 heterocycles. The Balaban J connectivity index is 1.92. The second kappa shape index (κ2) is 4.31. The van der Waals surface area contributed by atoms with Gasteiger partial charge in [0.05, 0.1) is 6.20 Å². The third kappa shape index (κ3) is 2.02. The zero-order valence-electron chi connectivity index (χ0n) is 9.15. The summed E-state index contributed by atoms with van der Waals surface area (Å²) in [5.41, 5.74) is 0.954. The van der Waals surface area contributed by atoms with Crippen LogP contribution >= 0.6 is 11.6 Å². The van der Waals surface area contributed by atoms with Crippen LogP contribution in [0.3, 0.4) is 0 Å². The van der Waals surface area contributed by atoms with Gasteiger partial charge in [-0.25, -0.2) is 9.37 Å². The van der Waals surface area contributed by atoms with Gasteiger partial charge >= 0.3 is 0 Å². The minimum atomic E-state index is -0.602. The molecule has 3 rings (SSSR count). The highest BCUT2D eigenvalue weighted by Crippen LogP contribution is 2.26. The van der Waals surface area contributed by atoms with Crippen LogP contribution in [0.1, 0.15) is 0 Å². The van der Waals surface area contributed by atoms with Crippen molar-refractivity contribution in [3.05, 3.63) is 53.7 Å². The molecule has 0 aliphatic heterocycles. The predicted molar refractivity (Wildman–Crippen MR) is 67.6 cm³/mol. The van der Waals surface area contributed by atoms with Gasteiger partial charge in [0.15, 0.2) is 11.0 Å². The second-order valence-electron chi connectivity index (χ2n) is 3.77. The summed E-state index contributed by atoms with van der Waals surface area (Å²) < 4.78 is 18.7. The highest BCUT2D eigenvalue weighted by Gasteiger charge is 2.05. The van der Waals surface area contributed by atoms with Gasteiger partial charge < -0.3 is 9.72 Å². The molecule has 0 aliphatic rings. The van der Waals surface area contributed by atoms with Crippen molar-refractivity contribution in [3.8, 4) is 11.5 Å². The van der Waals surface area contributed by atoms with E-state index >= 15 is 0 Å². The lowest BCUT2D eigenvalue weighted by Crippen LogP contribution is -1.88. The van der Waals surface area contributed by atoms with Crippen molar-refractivity contribution in [2.45, 2.75) is 0 Å². The maximum Gasteiger partial charge on any atom is 0.164 e. The van der Waals surface area contributed by atoms with Crippen molar-refractivity contribution in [3.63, 3.8) is 0 Å². The number of hydrogen-bond donors (Lipinski definition) is 1. The molecular weight excluding hydrogens is 255 g/mol. The number of rotatable bonds is 2. The third-order valence-corrected chi connectivity index (χ3v) is 2.81. The molecule has 0 fully saturated rings. The zero-order chi connectivity index (χ0) is 12.5. The molecule has 0 saturated carbocycles. The SMILES string of the molecule is Fc1cc(Oc2ccc3cc[nH]c3c2)cnc1Cl. The lowest BCUT2D eigenvalue weighted by atomic mass is 10.2. The summed E-state index contributed by atoms with van der Waals surface area (Å²) in [5, 5.41) is 0.921. The fraction of sp³-hybridized carbons (Fsp3) is 0. The topological polar surface area (TPSA) is 37.9 Å². The minimum Gasteiger partial charge on any atom is -0.456 e. The summed E-state index contributed by atoms with van der Waals surface area (Å²) in [6, 6.07) is 8.72. The van der Waals surface area contributed by atoms with Crippen molar-refractivity contribution in [2.24, 2.45) is 0 Å². The molecule has 0 saturated heterocycles. The van der Waals surface area contributed by atoms with E-state index in [9.17, 15) is 4.39 Å². The van der Waals surface area contributed by atoms with Gasteiger partial charge in [0.1, 0.15) is 11.5 Å². The highest BCUT2D eigenvalue weighted by atomic mass is 35.5. The predicted octanol–water partition coefficient (Wildman–Crippen LogP) is 4.15. The van der Waals surface area contributed by atoms with Crippen molar-refractivity contribution in [1.82, 2.24) is 9.97 Å². The Hall–Kier alpha value is -2.07. The summed E-state index contributed by atoms with van der Waals surface area (Å²) in [7, 11) is 0. The van der Waals surface area contributed by atoms with E-state index in [4.69, 9.17) is 16.3 Å². The van der Waals surface area contributed by atoms with Crippen LogP contribution in [0.2, 0.25) is 5.15 Å². The first kappa shape index (κ1) is 11.0. The first-order valence-corrected chi connectivity index (χ1v) is 5.66. The molecule has 0 amide bonds. The number of H-pyrrole nitrogens is 1. The lowest BCUT2D eigenvalue weighted by molar-refractivity contribution is 0.474. The third-order valence-electron chi connectivity index (χ3n) is 2.53. The molecule has 1 aromatic carbocycles. The number of aromatic nitrogens is 2. The van der Waals surface area contributed by atoms with Gasteiger partial charge in [-0.15, -0.1) is 0 Å². The fourth-order valence-electron chi connectivity index (χ4n) is 1.69. The highest BCUT2D eigenvalue weighted by molar-refractivity contribution is 6.29. The summed E-state index contributed by atoms with van der Waals surface area (Å²) in [6.07, 6.45) is 3.22. The monoisotopic (exact) mass is 262 g/mol. The van der Waals surface area contributed by atoms with Crippen molar-refractivity contribution in [2.75, 3.05) is 0 Å². The van der Waals surface area contributed by atoms with E-state index in [-0.39, 0.29) is 5.15 Å². The summed E-state index contributed by atoms with van der Waals surface area (Å²) >= 11 is 5.50. The van der Waals surface area contributed by atoms with E-state index < -0.39 is 5.82 Å². The van der Waals surface area contributed by atoms with Crippen LogP contribution in [-0.4, -0.2) is 9.97 Å². The number of aromatic amines is 1. The van der Waals surface area contributed by atoms with Crippen molar-refractivity contribution < 1.29 is 9.13 Å². The van der Waals surface area contributed by atoms with Crippen LogP contribution < -0.4 is 4.74 Å². The van der Waals surface area contributed by atoms with E-state index in [1.807, 2.05) is 30.5 Å². The molecule has 3 nitrogen and oxygen atoms in total. The fourth-order valence-corrected chi connectivity index (χ4v) is 1.79. The van der Waals surface area contributed by atoms with Gasteiger partial charge in [-0.1, -0.05) is 11.6 Å². The summed E-state index contributed by atoms with van der Waals surface area (Å²) in [4.78, 5) is 6.76. The molecule has 0 bridgehead atoms. The van der Waals surface area contributed by atoms with Gasteiger partial charge in [0, 0.05) is 23.8 Å². The zero-order valence-corrected chi connectivity index (χ0v) is 9.91. The molecule has 0 unspecified atom stereocenters. The minimum absolute atomic E-state index is 0.165. The first-order chi connectivity index (χ1) is 8.72. The number of ether oxygens (including phenoxy) is 1. The number of nitrogens with one attached hydrogen (secondary N) is 1. The molecule has 0 radical (unpaired) electrons. The molecule has 5 heteroatoms. The second-order valence-corrected chi connectivity index (χ2v) is 4.13. The van der Waals surface area contributed by atoms with E-state index in [2.05, 4.69) is 9.97 Å². The van der Waals surface area contributed by atoms with Crippen LogP contribution in [0.25, 0.3) is 10.9 Å². The van der Waals surface area contributed by atoms with E-state index in [0.29, 0.717) is 11.5 Å². The molecule has 1 N–H and O–H groups in total. The van der Waals surface area contributed by atoms with E-state index in [1.165, 1.54) is 12.3 Å². The Morgan fingerprint density at radius 3 is 2.89 bits per heavy atom. The molecule has 2 aromatic heterocycles. The number of fused-ring (bicyclic) bond motifs is 1. The standard InChI is InChI=1S/C13H8ClFN2O/c14-13-11(15)5-10(7-17-13)18-9-2-1-8-3-4-16-12(8)6-9/h1-7,16H. The molecule has 0 atom stereocenters. The summed E-state index contributed by atoms with van der Waals surface area (Å²) in [6.45, 7) is 0. The molecule has 90 valence electrons. The van der Waals surface area contributed by atoms with Crippen LogP contribution in [-0.2, 0) is 0 Å². The first-order valence-electron chi connectivity index (χ1n) is 5.28. The van der Waals surface area contributed by atoms with Gasteiger partial charge in [-0.05, 0) is 23.6 Å². The average Bonchev–Trinajstić information content (AvgIpc) is 2.81. The van der Waals surface area contributed by atoms with E-state index in [0.717, 1.165) is 10.9 Å². The Labute approximate surface area is 107 Å². The smallest absolute Gasteiger partial charge is 0.164 e. The normalized spacial score (nSPS) is 10.8. The Bertz CT molecular complexity index is 711. The van der Waals surface area contributed by atoms with Crippen LogP contribution in [0.4, 0.5) is 4.39 Å². The number of hydrogen-bond acceptors (Lipinski definition) is 2. The lowest BCUT2D eigenvalue weighted by Gasteiger charge is -2.05.